The van der Waals surface area contributed by atoms with Gasteiger partial charge in [-0.1, -0.05) is 18.2 Å². The molecule has 106 valence electrons. The highest BCUT2D eigenvalue weighted by atomic mass is 16.5. The number of nitrogens with one attached hydrogen (secondary N) is 1. The first-order valence-electron chi connectivity index (χ1n) is 7.17. The molecule has 1 atom stereocenters. The summed E-state index contributed by atoms with van der Waals surface area (Å²) < 4.78 is 7.61. The molecule has 3 rings (SSSR count). The Labute approximate surface area is 119 Å². The fourth-order valence-electron chi connectivity index (χ4n) is 2.68. The van der Waals surface area contributed by atoms with E-state index in [1.165, 1.54) is 5.56 Å². The van der Waals surface area contributed by atoms with Crippen molar-refractivity contribution in [1.82, 2.24) is 20.1 Å². The van der Waals surface area contributed by atoms with Crippen LogP contribution in [0.3, 0.4) is 0 Å². The minimum atomic E-state index is 0.512. The van der Waals surface area contributed by atoms with Crippen LogP contribution in [0.1, 0.15) is 30.7 Å². The summed E-state index contributed by atoms with van der Waals surface area (Å²) in [4.78, 5) is 4.28. The van der Waals surface area contributed by atoms with E-state index in [4.69, 9.17) is 4.74 Å². The Morgan fingerprint density at radius 2 is 2.30 bits per heavy atom. The Balaban J connectivity index is 1.60. The standard InChI is InChI=1S/C15H20N4O/c1-2-19-15(17-11-18-19)10-16-9-12-7-8-20-14-6-4-3-5-13(12)14/h3-6,11-12,16H,2,7-10H2,1H3. The van der Waals surface area contributed by atoms with Crippen LogP contribution in [0.5, 0.6) is 5.75 Å². The van der Waals surface area contributed by atoms with Gasteiger partial charge in [-0.25, -0.2) is 9.67 Å². The van der Waals surface area contributed by atoms with E-state index in [1.807, 2.05) is 10.7 Å². The summed E-state index contributed by atoms with van der Waals surface area (Å²) in [5, 5.41) is 7.68. The summed E-state index contributed by atoms with van der Waals surface area (Å²) in [6.45, 7) is 5.43. The van der Waals surface area contributed by atoms with Crippen molar-refractivity contribution in [2.45, 2.75) is 32.4 Å². The highest BCUT2D eigenvalue weighted by Crippen LogP contribution is 2.32. The molecule has 0 saturated heterocycles. The highest BCUT2D eigenvalue weighted by Gasteiger charge is 2.20. The summed E-state index contributed by atoms with van der Waals surface area (Å²) in [6.07, 6.45) is 2.68. The number of para-hydroxylation sites is 1. The van der Waals surface area contributed by atoms with Gasteiger partial charge >= 0.3 is 0 Å². The average molecular weight is 272 g/mol. The van der Waals surface area contributed by atoms with Crippen molar-refractivity contribution >= 4 is 0 Å². The number of fused-ring (bicyclic) bond motifs is 1. The molecule has 1 N–H and O–H groups in total. The molecule has 1 aliphatic heterocycles. The molecule has 0 radical (unpaired) electrons. The molecular weight excluding hydrogens is 252 g/mol. The fourth-order valence-corrected chi connectivity index (χ4v) is 2.68. The second-order valence-corrected chi connectivity index (χ2v) is 4.99. The van der Waals surface area contributed by atoms with E-state index in [-0.39, 0.29) is 0 Å². The molecule has 1 aromatic carbocycles. The number of aryl methyl sites for hydroxylation is 1. The number of ether oxygens (including phenoxy) is 1. The Hall–Kier alpha value is -1.88. The van der Waals surface area contributed by atoms with Crippen molar-refractivity contribution in [3.63, 3.8) is 0 Å². The van der Waals surface area contributed by atoms with E-state index in [2.05, 4.69) is 40.5 Å². The van der Waals surface area contributed by atoms with Gasteiger partial charge in [-0.05, 0) is 25.0 Å². The lowest BCUT2D eigenvalue weighted by Crippen LogP contribution is -2.26. The zero-order chi connectivity index (χ0) is 13.8. The van der Waals surface area contributed by atoms with E-state index in [0.29, 0.717) is 5.92 Å². The van der Waals surface area contributed by atoms with Crippen LogP contribution in [0.2, 0.25) is 0 Å². The molecule has 2 aromatic rings. The third kappa shape index (κ3) is 2.67. The number of hydrogen-bond acceptors (Lipinski definition) is 4. The molecule has 0 amide bonds. The third-order valence-electron chi connectivity index (χ3n) is 3.75. The summed E-state index contributed by atoms with van der Waals surface area (Å²) >= 11 is 0. The average Bonchev–Trinajstić information content (AvgIpc) is 2.95. The molecule has 1 aromatic heterocycles. The molecule has 5 nitrogen and oxygen atoms in total. The number of aromatic nitrogens is 3. The van der Waals surface area contributed by atoms with Crippen LogP contribution in [0.4, 0.5) is 0 Å². The van der Waals surface area contributed by atoms with Crippen LogP contribution in [0, 0.1) is 0 Å². The van der Waals surface area contributed by atoms with Gasteiger partial charge in [-0.15, -0.1) is 0 Å². The quantitative estimate of drug-likeness (QED) is 0.904. The lowest BCUT2D eigenvalue weighted by atomic mass is 9.93. The van der Waals surface area contributed by atoms with Crippen LogP contribution >= 0.6 is 0 Å². The van der Waals surface area contributed by atoms with Crippen molar-refractivity contribution in [2.75, 3.05) is 13.2 Å². The molecule has 1 unspecified atom stereocenters. The Kier molecular flexibility index (Phi) is 3.97. The monoisotopic (exact) mass is 272 g/mol. The molecule has 5 heteroatoms. The maximum absolute atomic E-state index is 5.69. The van der Waals surface area contributed by atoms with E-state index < -0.39 is 0 Å². The van der Waals surface area contributed by atoms with Crippen molar-refractivity contribution in [3.05, 3.63) is 42.0 Å². The first kappa shape index (κ1) is 13.1. The predicted octanol–water partition coefficient (Wildman–Crippen LogP) is 1.95. The van der Waals surface area contributed by atoms with Crippen molar-refractivity contribution in [3.8, 4) is 5.75 Å². The van der Waals surface area contributed by atoms with Crippen LogP contribution in [0.25, 0.3) is 0 Å². The van der Waals surface area contributed by atoms with Gasteiger partial charge in [0.25, 0.3) is 0 Å². The molecule has 1 aliphatic rings. The van der Waals surface area contributed by atoms with E-state index in [9.17, 15) is 0 Å². The smallest absolute Gasteiger partial charge is 0.140 e. The highest BCUT2D eigenvalue weighted by molar-refractivity contribution is 5.37. The summed E-state index contributed by atoms with van der Waals surface area (Å²) in [7, 11) is 0. The van der Waals surface area contributed by atoms with E-state index in [1.54, 1.807) is 6.33 Å². The second kappa shape index (κ2) is 6.05. The van der Waals surface area contributed by atoms with Gasteiger partial charge in [0, 0.05) is 19.0 Å². The second-order valence-electron chi connectivity index (χ2n) is 4.99. The molecule has 0 fully saturated rings. The normalized spacial score (nSPS) is 17.6. The minimum Gasteiger partial charge on any atom is -0.493 e. The van der Waals surface area contributed by atoms with Gasteiger partial charge in [0.15, 0.2) is 0 Å². The van der Waals surface area contributed by atoms with E-state index >= 15 is 0 Å². The van der Waals surface area contributed by atoms with Crippen molar-refractivity contribution < 1.29 is 4.74 Å². The minimum absolute atomic E-state index is 0.512. The van der Waals surface area contributed by atoms with E-state index in [0.717, 1.165) is 44.2 Å². The number of benzene rings is 1. The first-order valence-corrected chi connectivity index (χ1v) is 7.17. The van der Waals surface area contributed by atoms with Crippen LogP contribution in [-0.2, 0) is 13.1 Å². The van der Waals surface area contributed by atoms with Crippen molar-refractivity contribution in [2.24, 2.45) is 0 Å². The number of hydrogen-bond donors (Lipinski definition) is 1. The lowest BCUT2D eigenvalue weighted by Gasteiger charge is -2.26. The largest absolute Gasteiger partial charge is 0.493 e. The Morgan fingerprint density at radius 1 is 1.40 bits per heavy atom. The topological polar surface area (TPSA) is 52.0 Å². The summed E-state index contributed by atoms with van der Waals surface area (Å²) in [5.41, 5.74) is 1.31. The predicted molar refractivity (Wildman–Crippen MR) is 76.7 cm³/mol. The van der Waals surface area contributed by atoms with Gasteiger partial charge in [0.1, 0.15) is 17.9 Å². The van der Waals surface area contributed by atoms with Crippen LogP contribution in [-0.4, -0.2) is 27.9 Å². The molecule has 0 bridgehead atoms. The lowest BCUT2D eigenvalue weighted by molar-refractivity contribution is 0.264. The van der Waals surface area contributed by atoms with Gasteiger partial charge in [0.2, 0.25) is 0 Å². The SMILES string of the molecule is CCn1ncnc1CNCC1CCOc2ccccc21. The van der Waals surface area contributed by atoms with Crippen molar-refractivity contribution in [1.29, 1.82) is 0 Å². The first-order chi connectivity index (χ1) is 9.88. The fraction of sp³-hybridized carbons (Fsp3) is 0.467. The van der Waals surface area contributed by atoms with Gasteiger partial charge < -0.3 is 10.1 Å². The van der Waals surface area contributed by atoms with Gasteiger partial charge in [0.05, 0.1) is 13.2 Å². The Bertz CT molecular complexity index is 567. The number of rotatable bonds is 5. The Morgan fingerprint density at radius 3 is 3.20 bits per heavy atom. The molecule has 0 aliphatic carbocycles. The maximum Gasteiger partial charge on any atom is 0.140 e. The maximum atomic E-state index is 5.69. The summed E-state index contributed by atoms with van der Waals surface area (Å²) in [5.74, 6) is 2.54. The zero-order valence-electron chi connectivity index (χ0n) is 11.7. The number of nitrogens with zero attached hydrogens (tertiary/aromatic N) is 3. The van der Waals surface area contributed by atoms with Gasteiger partial charge in [-0.2, -0.15) is 5.10 Å². The van der Waals surface area contributed by atoms with Crippen LogP contribution in [0.15, 0.2) is 30.6 Å². The molecule has 0 saturated carbocycles. The zero-order valence-corrected chi connectivity index (χ0v) is 11.7. The molecule has 2 heterocycles. The molecule has 0 spiro atoms. The summed E-state index contributed by atoms with van der Waals surface area (Å²) in [6, 6.07) is 8.32. The third-order valence-corrected chi connectivity index (χ3v) is 3.75. The van der Waals surface area contributed by atoms with Crippen LogP contribution < -0.4 is 10.1 Å². The molecule has 20 heavy (non-hydrogen) atoms. The molecular formula is C15H20N4O. The van der Waals surface area contributed by atoms with Gasteiger partial charge in [-0.3, -0.25) is 0 Å².